The van der Waals surface area contributed by atoms with Gasteiger partial charge in [-0.2, -0.15) is 0 Å². The first kappa shape index (κ1) is 16.6. The van der Waals surface area contributed by atoms with Gasteiger partial charge in [0, 0.05) is 25.7 Å². The zero-order valence-electron chi connectivity index (χ0n) is 13.1. The van der Waals surface area contributed by atoms with Crippen LogP contribution in [0.4, 0.5) is 15.8 Å². The molecule has 0 spiro atoms. The largest absolute Gasteiger partial charge is 0.371 e. The van der Waals surface area contributed by atoms with Crippen molar-refractivity contribution >= 4 is 39.0 Å². The topological polar surface area (TPSA) is 40.6 Å². The van der Waals surface area contributed by atoms with Gasteiger partial charge >= 0.3 is 0 Å². The summed E-state index contributed by atoms with van der Waals surface area (Å²) in [6.45, 7) is 1.15. The Kier molecular flexibility index (Phi) is 4.66. The number of likely N-dealkylation sites (N-methyl/N-ethyl adjacent to an activating group) is 1. The lowest BCUT2D eigenvalue weighted by Crippen LogP contribution is -2.44. The average Bonchev–Trinajstić information content (AvgIpc) is 2.61. The fraction of sp³-hybridized carbons (Fsp3) is 0.222. The Morgan fingerprint density at radius 2 is 1.79 bits per heavy atom. The highest BCUT2D eigenvalue weighted by Gasteiger charge is 2.30. The molecular formula is C18H16BrFN2O2. The van der Waals surface area contributed by atoms with Gasteiger partial charge in [0.2, 0.25) is 5.91 Å². The molecule has 24 heavy (non-hydrogen) atoms. The number of carbonyl (C=O) groups is 2. The SMILES string of the molecule is CN1CCN(C(=O)CBr)c2c(C(=O)c3ccccc3F)cccc21. The molecule has 0 aromatic heterocycles. The van der Waals surface area contributed by atoms with Crippen molar-refractivity contribution < 1.29 is 14.0 Å². The Morgan fingerprint density at radius 3 is 2.50 bits per heavy atom. The zero-order chi connectivity index (χ0) is 17.3. The minimum atomic E-state index is -0.567. The molecule has 1 aliphatic rings. The van der Waals surface area contributed by atoms with Crippen molar-refractivity contribution in [1.82, 2.24) is 0 Å². The van der Waals surface area contributed by atoms with Crippen LogP contribution in [0.2, 0.25) is 0 Å². The van der Waals surface area contributed by atoms with E-state index < -0.39 is 11.6 Å². The Balaban J connectivity index is 2.16. The number of hydrogen-bond donors (Lipinski definition) is 0. The third kappa shape index (κ3) is 2.82. The molecule has 0 aliphatic carbocycles. The molecule has 0 N–H and O–H groups in total. The molecule has 2 aromatic rings. The van der Waals surface area contributed by atoms with Crippen LogP contribution in [0.3, 0.4) is 0 Å². The van der Waals surface area contributed by atoms with Gasteiger partial charge in [-0.1, -0.05) is 34.1 Å². The number of anilines is 2. The molecular weight excluding hydrogens is 375 g/mol. The van der Waals surface area contributed by atoms with Crippen molar-refractivity contribution in [1.29, 1.82) is 0 Å². The van der Waals surface area contributed by atoms with Gasteiger partial charge in [-0.05, 0) is 24.3 Å². The number of halogens is 2. The van der Waals surface area contributed by atoms with Crippen LogP contribution >= 0.6 is 15.9 Å². The van der Waals surface area contributed by atoms with Crippen LogP contribution in [0.25, 0.3) is 0 Å². The molecule has 0 atom stereocenters. The number of amides is 1. The first-order valence-corrected chi connectivity index (χ1v) is 8.66. The van der Waals surface area contributed by atoms with E-state index in [1.807, 2.05) is 18.0 Å². The van der Waals surface area contributed by atoms with E-state index in [-0.39, 0.29) is 16.8 Å². The predicted molar refractivity (Wildman–Crippen MR) is 95.7 cm³/mol. The van der Waals surface area contributed by atoms with Crippen LogP contribution in [0.1, 0.15) is 15.9 Å². The molecule has 1 heterocycles. The Bertz CT molecular complexity index is 809. The van der Waals surface area contributed by atoms with E-state index in [4.69, 9.17) is 0 Å². The lowest BCUT2D eigenvalue weighted by molar-refractivity contribution is -0.116. The van der Waals surface area contributed by atoms with Crippen molar-refractivity contribution in [3.05, 3.63) is 59.4 Å². The molecule has 0 bridgehead atoms. The number of benzene rings is 2. The zero-order valence-corrected chi connectivity index (χ0v) is 14.7. The summed E-state index contributed by atoms with van der Waals surface area (Å²) in [6, 6.07) is 11.1. The van der Waals surface area contributed by atoms with Crippen LogP contribution in [0, 0.1) is 5.82 Å². The molecule has 0 unspecified atom stereocenters. The molecule has 6 heteroatoms. The number of fused-ring (bicyclic) bond motifs is 1. The first-order chi connectivity index (χ1) is 11.5. The highest BCUT2D eigenvalue weighted by atomic mass is 79.9. The Labute approximate surface area is 148 Å². The summed E-state index contributed by atoms with van der Waals surface area (Å²) >= 11 is 3.19. The Hall–Kier alpha value is -2.21. The van der Waals surface area contributed by atoms with Gasteiger partial charge in [0.1, 0.15) is 5.82 Å². The number of hydrogen-bond acceptors (Lipinski definition) is 3. The summed E-state index contributed by atoms with van der Waals surface area (Å²) in [5, 5.41) is 0.165. The summed E-state index contributed by atoms with van der Waals surface area (Å²) < 4.78 is 14.0. The highest BCUT2D eigenvalue weighted by molar-refractivity contribution is 9.09. The van der Waals surface area contributed by atoms with Crippen molar-refractivity contribution in [2.24, 2.45) is 0 Å². The number of alkyl halides is 1. The minimum Gasteiger partial charge on any atom is -0.371 e. The maximum Gasteiger partial charge on any atom is 0.237 e. The van der Waals surface area contributed by atoms with Crippen LogP contribution in [0.5, 0.6) is 0 Å². The standard InChI is InChI=1S/C18H16BrFN2O2/c1-21-9-10-22(16(23)11-19)17-13(6-4-8-15(17)21)18(24)12-5-2-3-7-14(12)20/h2-8H,9-11H2,1H3. The highest BCUT2D eigenvalue weighted by Crippen LogP contribution is 2.37. The number of nitrogens with zero attached hydrogens (tertiary/aromatic N) is 2. The van der Waals surface area contributed by atoms with E-state index in [1.54, 1.807) is 29.2 Å². The van der Waals surface area contributed by atoms with Gasteiger partial charge in [-0.3, -0.25) is 9.59 Å². The van der Waals surface area contributed by atoms with Gasteiger partial charge in [0.25, 0.3) is 0 Å². The van der Waals surface area contributed by atoms with Gasteiger partial charge in [0.15, 0.2) is 5.78 Å². The second-order valence-corrected chi connectivity index (χ2v) is 6.14. The summed E-state index contributed by atoms with van der Waals surface area (Å²) in [7, 11) is 1.91. The monoisotopic (exact) mass is 390 g/mol. The third-order valence-corrected chi connectivity index (χ3v) is 4.61. The van der Waals surface area contributed by atoms with Gasteiger partial charge in [-0.25, -0.2) is 4.39 Å². The van der Waals surface area contributed by atoms with Crippen LogP contribution < -0.4 is 9.80 Å². The number of carbonyl (C=O) groups excluding carboxylic acids is 2. The minimum absolute atomic E-state index is 0.00497. The molecule has 1 aliphatic heterocycles. The van der Waals surface area contributed by atoms with E-state index in [9.17, 15) is 14.0 Å². The Morgan fingerprint density at radius 1 is 1.08 bits per heavy atom. The molecule has 0 saturated heterocycles. The fourth-order valence-corrected chi connectivity index (χ4v) is 3.20. The molecule has 2 aromatic carbocycles. The van der Waals surface area contributed by atoms with Crippen molar-refractivity contribution in [2.75, 3.05) is 35.3 Å². The molecule has 0 radical (unpaired) electrons. The van der Waals surface area contributed by atoms with Gasteiger partial charge < -0.3 is 9.80 Å². The quantitative estimate of drug-likeness (QED) is 0.596. The van der Waals surface area contributed by atoms with Crippen LogP contribution in [-0.4, -0.2) is 37.2 Å². The predicted octanol–water partition coefficient (Wildman–Crippen LogP) is 3.23. The second kappa shape index (κ2) is 6.73. The summed E-state index contributed by atoms with van der Waals surface area (Å²) in [4.78, 5) is 28.8. The smallest absolute Gasteiger partial charge is 0.237 e. The summed E-state index contributed by atoms with van der Waals surface area (Å²) in [5.41, 5.74) is 1.67. The van der Waals surface area contributed by atoms with Crippen molar-refractivity contribution in [2.45, 2.75) is 0 Å². The average molecular weight is 391 g/mol. The number of para-hydroxylation sites is 1. The lowest BCUT2D eigenvalue weighted by atomic mass is 9.98. The van der Waals surface area contributed by atoms with Crippen molar-refractivity contribution in [3.63, 3.8) is 0 Å². The molecule has 3 rings (SSSR count). The van der Waals surface area contributed by atoms with Crippen LogP contribution in [0.15, 0.2) is 42.5 Å². The third-order valence-electron chi connectivity index (χ3n) is 4.13. The van der Waals surface area contributed by atoms with Gasteiger partial charge in [0.05, 0.1) is 22.3 Å². The van der Waals surface area contributed by atoms with E-state index in [0.717, 1.165) is 5.69 Å². The van der Waals surface area contributed by atoms with Gasteiger partial charge in [-0.15, -0.1) is 0 Å². The first-order valence-electron chi connectivity index (χ1n) is 7.54. The van der Waals surface area contributed by atoms with Crippen LogP contribution in [-0.2, 0) is 4.79 Å². The second-order valence-electron chi connectivity index (χ2n) is 5.58. The van der Waals surface area contributed by atoms with E-state index >= 15 is 0 Å². The maximum atomic E-state index is 14.0. The molecule has 124 valence electrons. The van der Waals surface area contributed by atoms with E-state index in [1.165, 1.54) is 12.1 Å². The summed E-state index contributed by atoms with van der Waals surface area (Å²) in [6.07, 6.45) is 0. The maximum absolute atomic E-state index is 14.0. The van der Waals surface area contributed by atoms with E-state index in [2.05, 4.69) is 15.9 Å². The summed E-state index contributed by atoms with van der Waals surface area (Å²) in [5.74, 6) is -1.12. The lowest BCUT2D eigenvalue weighted by Gasteiger charge is -2.36. The molecule has 0 fully saturated rings. The normalized spacial score (nSPS) is 13.6. The molecule has 1 amide bonds. The number of ketones is 1. The number of rotatable bonds is 3. The molecule has 4 nitrogen and oxygen atoms in total. The van der Waals surface area contributed by atoms with Crippen molar-refractivity contribution in [3.8, 4) is 0 Å². The fourth-order valence-electron chi connectivity index (χ4n) is 2.90. The molecule has 0 saturated carbocycles. The van der Waals surface area contributed by atoms with E-state index in [0.29, 0.717) is 24.3 Å².